The number of hydrogen-bond donors (Lipinski definition) is 1. The molecule has 1 saturated heterocycles. The Morgan fingerprint density at radius 2 is 2.56 bits per heavy atom. The fourth-order valence-electron chi connectivity index (χ4n) is 1.15. The molecule has 0 aliphatic carbocycles. The van der Waals surface area contributed by atoms with Crippen LogP contribution in [0.15, 0.2) is 0 Å². The molecule has 1 aliphatic rings. The first-order chi connectivity index (χ1) is 4.33. The lowest BCUT2D eigenvalue weighted by atomic mass is 10.0. The quantitative estimate of drug-likeness (QED) is 0.562. The number of carbonyl (C=O) groups excluding carboxylic acids is 1. The summed E-state index contributed by atoms with van der Waals surface area (Å²) in [7, 11) is 0. The van der Waals surface area contributed by atoms with Crippen molar-refractivity contribution in [1.82, 2.24) is 5.32 Å². The fraction of sp³-hybridized carbons (Fsp3) is 0.857. The lowest BCUT2D eigenvalue weighted by molar-refractivity contribution is -0.120. The summed E-state index contributed by atoms with van der Waals surface area (Å²) in [6.45, 7) is 2.99. The van der Waals surface area contributed by atoms with Crippen LogP contribution in [-0.2, 0) is 4.79 Å². The molecule has 0 radical (unpaired) electrons. The van der Waals surface area contributed by atoms with Crippen molar-refractivity contribution in [2.75, 3.05) is 6.54 Å². The van der Waals surface area contributed by atoms with Gasteiger partial charge in [-0.15, -0.1) is 0 Å². The standard InChI is InChI=1S/C7H13NO/c1-2-6-5-7(9)3-4-8-6/h6,8H,2-5H2,1H3. The van der Waals surface area contributed by atoms with Gasteiger partial charge >= 0.3 is 0 Å². The van der Waals surface area contributed by atoms with Gasteiger partial charge in [0, 0.05) is 25.4 Å². The third kappa shape index (κ3) is 1.79. The molecule has 1 unspecified atom stereocenters. The van der Waals surface area contributed by atoms with Gasteiger partial charge in [0.25, 0.3) is 0 Å². The minimum absolute atomic E-state index is 0.417. The first-order valence-corrected chi connectivity index (χ1v) is 3.58. The summed E-state index contributed by atoms with van der Waals surface area (Å²) in [5, 5.41) is 3.28. The summed E-state index contributed by atoms with van der Waals surface area (Å²) in [6.07, 6.45) is 2.55. The first kappa shape index (κ1) is 6.75. The molecule has 1 fully saturated rings. The van der Waals surface area contributed by atoms with Crippen LogP contribution < -0.4 is 5.32 Å². The molecule has 0 bridgehead atoms. The van der Waals surface area contributed by atoms with Gasteiger partial charge in [-0.3, -0.25) is 4.79 Å². The molecule has 52 valence electrons. The van der Waals surface area contributed by atoms with Crippen LogP contribution >= 0.6 is 0 Å². The van der Waals surface area contributed by atoms with Crippen molar-refractivity contribution in [2.45, 2.75) is 32.2 Å². The van der Waals surface area contributed by atoms with Gasteiger partial charge < -0.3 is 5.32 Å². The van der Waals surface area contributed by atoms with Crippen LogP contribution in [0, 0.1) is 0 Å². The van der Waals surface area contributed by atoms with E-state index in [1.165, 1.54) is 0 Å². The van der Waals surface area contributed by atoms with E-state index in [0.717, 1.165) is 25.8 Å². The maximum Gasteiger partial charge on any atom is 0.135 e. The lowest BCUT2D eigenvalue weighted by Gasteiger charge is -2.20. The maximum atomic E-state index is 10.8. The maximum absolute atomic E-state index is 10.8. The van der Waals surface area contributed by atoms with Crippen LogP contribution in [0.4, 0.5) is 0 Å². The first-order valence-electron chi connectivity index (χ1n) is 3.58. The summed E-state index contributed by atoms with van der Waals surface area (Å²) in [4.78, 5) is 10.8. The van der Waals surface area contributed by atoms with Crippen molar-refractivity contribution in [3.05, 3.63) is 0 Å². The van der Waals surface area contributed by atoms with E-state index in [1.54, 1.807) is 0 Å². The second-order valence-corrected chi connectivity index (χ2v) is 2.55. The Balaban J connectivity index is 2.32. The van der Waals surface area contributed by atoms with Crippen molar-refractivity contribution in [3.8, 4) is 0 Å². The van der Waals surface area contributed by atoms with E-state index in [2.05, 4.69) is 12.2 Å². The van der Waals surface area contributed by atoms with Gasteiger partial charge in [-0.1, -0.05) is 6.92 Å². The number of hydrogen-bond acceptors (Lipinski definition) is 2. The molecule has 0 amide bonds. The van der Waals surface area contributed by atoms with Gasteiger partial charge in [0.2, 0.25) is 0 Å². The smallest absolute Gasteiger partial charge is 0.135 e. The van der Waals surface area contributed by atoms with Crippen LogP contribution in [0.5, 0.6) is 0 Å². The molecule has 0 spiro atoms. The molecule has 1 N–H and O–H groups in total. The molecule has 1 aliphatic heterocycles. The van der Waals surface area contributed by atoms with Crippen molar-refractivity contribution in [1.29, 1.82) is 0 Å². The molecule has 0 aromatic heterocycles. The highest BCUT2D eigenvalue weighted by molar-refractivity contribution is 5.79. The summed E-state index contributed by atoms with van der Waals surface area (Å²) in [5.74, 6) is 0.417. The summed E-state index contributed by atoms with van der Waals surface area (Å²) in [6, 6.07) is 0.464. The van der Waals surface area contributed by atoms with Gasteiger partial charge in [0.1, 0.15) is 5.78 Å². The fourth-order valence-corrected chi connectivity index (χ4v) is 1.15. The number of nitrogens with one attached hydrogen (secondary N) is 1. The molecular formula is C7H13NO. The van der Waals surface area contributed by atoms with Crippen LogP contribution in [0.25, 0.3) is 0 Å². The van der Waals surface area contributed by atoms with E-state index in [-0.39, 0.29) is 0 Å². The highest BCUT2D eigenvalue weighted by atomic mass is 16.1. The van der Waals surface area contributed by atoms with Crippen molar-refractivity contribution in [3.63, 3.8) is 0 Å². The molecule has 0 saturated carbocycles. The molecule has 1 rings (SSSR count). The molecule has 1 heterocycles. The highest BCUT2D eigenvalue weighted by Crippen LogP contribution is 2.05. The highest BCUT2D eigenvalue weighted by Gasteiger charge is 2.15. The summed E-state index contributed by atoms with van der Waals surface area (Å²) >= 11 is 0. The van der Waals surface area contributed by atoms with Gasteiger partial charge in [0.05, 0.1) is 0 Å². The van der Waals surface area contributed by atoms with Gasteiger partial charge in [-0.05, 0) is 6.42 Å². The van der Waals surface area contributed by atoms with E-state index < -0.39 is 0 Å². The number of carbonyl (C=O) groups is 1. The molecule has 0 aromatic rings. The van der Waals surface area contributed by atoms with E-state index >= 15 is 0 Å². The predicted octanol–water partition coefficient (Wildman–Crippen LogP) is 0.718. The van der Waals surface area contributed by atoms with Crippen LogP contribution in [0.1, 0.15) is 26.2 Å². The molecule has 2 nitrogen and oxygen atoms in total. The van der Waals surface area contributed by atoms with Crippen LogP contribution in [0.3, 0.4) is 0 Å². The van der Waals surface area contributed by atoms with Crippen molar-refractivity contribution >= 4 is 5.78 Å². The minimum Gasteiger partial charge on any atom is -0.313 e. The Hall–Kier alpha value is -0.370. The van der Waals surface area contributed by atoms with Crippen molar-refractivity contribution < 1.29 is 4.79 Å². The predicted molar refractivity (Wildman–Crippen MR) is 36.3 cm³/mol. The number of Topliss-reactive ketones (excluding diaryl/α,β-unsaturated/α-hetero) is 1. The van der Waals surface area contributed by atoms with Gasteiger partial charge in [0.15, 0.2) is 0 Å². The summed E-state index contributed by atoms with van der Waals surface area (Å²) in [5.41, 5.74) is 0. The molecule has 0 aromatic carbocycles. The zero-order valence-corrected chi connectivity index (χ0v) is 5.81. The number of ketones is 1. The Kier molecular flexibility index (Phi) is 2.22. The van der Waals surface area contributed by atoms with Crippen LogP contribution in [-0.4, -0.2) is 18.4 Å². The second-order valence-electron chi connectivity index (χ2n) is 2.55. The molecule has 9 heavy (non-hydrogen) atoms. The monoisotopic (exact) mass is 127 g/mol. The zero-order chi connectivity index (χ0) is 6.69. The lowest BCUT2D eigenvalue weighted by Crippen LogP contribution is -2.37. The number of rotatable bonds is 1. The van der Waals surface area contributed by atoms with E-state index in [1.807, 2.05) is 0 Å². The Bertz CT molecular complexity index is 111. The molecule has 2 heteroatoms. The van der Waals surface area contributed by atoms with Gasteiger partial charge in [-0.25, -0.2) is 0 Å². The second kappa shape index (κ2) is 2.97. The third-order valence-corrected chi connectivity index (χ3v) is 1.80. The summed E-state index contributed by atoms with van der Waals surface area (Å²) < 4.78 is 0. The number of piperidine rings is 1. The Morgan fingerprint density at radius 3 is 3.00 bits per heavy atom. The van der Waals surface area contributed by atoms with E-state index in [9.17, 15) is 4.79 Å². The SMILES string of the molecule is CCC1CC(=O)CCN1. The third-order valence-electron chi connectivity index (χ3n) is 1.80. The Labute approximate surface area is 55.6 Å². The largest absolute Gasteiger partial charge is 0.313 e. The average Bonchev–Trinajstić information content (AvgIpc) is 1.88. The topological polar surface area (TPSA) is 29.1 Å². The molecule has 1 atom stereocenters. The minimum atomic E-state index is 0.417. The Morgan fingerprint density at radius 1 is 1.78 bits per heavy atom. The normalized spacial score (nSPS) is 28.6. The zero-order valence-electron chi connectivity index (χ0n) is 5.81. The van der Waals surface area contributed by atoms with Crippen LogP contribution in [0.2, 0.25) is 0 Å². The molecular weight excluding hydrogens is 114 g/mol. The van der Waals surface area contributed by atoms with Crippen molar-refractivity contribution in [2.24, 2.45) is 0 Å². The average molecular weight is 127 g/mol. The van der Waals surface area contributed by atoms with E-state index in [4.69, 9.17) is 0 Å². The van der Waals surface area contributed by atoms with E-state index in [0.29, 0.717) is 11.8 Å². The van der Waals surface area contributed by atoms with Gasteiger partial charge in [-0.2, -0.15) is 0 Å².